The Labute approximate surface area is 101 Å². The van der Waals surface area contributed by atoms with E-state index in [1.54, 1.807) is 11.8 Å². The lowest BCUT2D eigenvalue weighted by molar-refractivity contribution is 0.289. The van der Waals surface area contributed by atoms with Crippen LogP contribution in [-0.2, 0) is 0 Å². The molecule has 0 saturated carbocycles. The number of hydrogen-bond donors (Lipinski definition) is 2. The molecule has 1 atom stereocenters. The van der Waals surface area contributed by atoms with Gasteiger partial charge in [-0.2, -0.15) is 0 Å². The lowest BCUT2D eigenvalue weighted by atomic mass is 10.3. The number of hydrogen-bond acceptors (Lipinski definition) is 5. The number of thioether (sulfide) groups is 1. The second-order valence-corrected chi connectivity index (χ2v) is 5.07. The maximum Gasteiger partial charge on any atom is 0.130 e. The Bertz CT molecular complexity index is 333. The second-order valence-electron chi connectivity index (χ2n) is 3.61. The van der Waals surface area contributed by atoms with Crippen molar-refractivity contribution in [3.63, 3.8) is 0 Å². The van der Waals surface area contributed by atoms with Gasteiger partial charge in [0.15, 0.2) is 0 Å². The molecule has 1 rings (SSSR count). The van der Waals surface area contributed by atoms with Crippen molar-refractivity contribution in [2.24, 2.45) is 0 Å². The van der Waals surface area contributed by atoms with E-state index in [0.717, 1.165) is 29.6 Å². The summed E-state index contributed by atoms with van der Waals surface area (Å²) in [5, 5.41) is 13.4. The lowest BCUT2D eigenvalue weighted by Gasteiger charge is -2.10. The third-order valence-corrected chi connectivity index (χ3v) is 3.12. The molecule has 0 aliphatic rings. The molecule has 1 aromatic heterocycles. The van der Waals surface area contributed by atoms with Gasteiger partial charge in [0.25, 0.3) is 0 Å². The second kappa shape index (κ2) is 6.70. The number of nitrogens with zero attached hydrogens (tertiary/aromatic N) is 2. The van der Waals surface area contributed by atoms with Crippen LogP contribution in [0, 0.1) is 6.92 Å². The summed E-state index contributed by atoms with van der Waals surface area (Å²) < 4.78 is 0. The lowest BCUT2D eigenvalue weighted by Crippen LogP contribution is -2.04. The van der Waals surface area contributed by atoms with Crippen LogP contribution in [0.3, 0.4) is 0 Å². The molecule has 1 unspecified atom stereocenters. The summed E-state index contributed by atoms with van der Waals surface area (Å²) in [6, 6.07) is 1.95. The first-order valence-electron chi connectivity index (χ1n) is 5.52. The maximum atomic E-state index is 8.85. The van der Waals surface area contributed by atoms with Crippen molar-refractivity contribution < 1.29 is 5.11 Å². The van der Waals surface area contributed by atoms with Crippen LogP contribution in [-0.4, -0.2) is 33.5 Å². The predicted molar refractivity (Wildman–Crippen MR) is 68.0 cm³/mol. The van der Waals surface area contributed by atoms with E-state index in [-0.39, 0.29) is 6.61 Å². The normalized spacial score (nSPS) is 12.5. The van der Waals surface area contributed by atoms with Gasteiger partial charge in [0, 0.05) is 24.5 Å². The molecule has 2 N–H and O–H groups in total. The number of anilines is 1. The Kier molecular flexibility index (Phi) is 5.55. The van der Waals surface area contributed by atoms with Gasteiger partial charge in [-0.25, -0.2) is 9.97 Å². The van der Waals surface area contributed by atoms with Gasteiger partial charge in [0.2, 0.25) is 0 Å². The molecule has 0 aromatic carbocycles. The SMILES string of the molecule is CCNc1cc(SC(C)CCO)nc(C)n1. The standard InChI is InChI=1S/C11H19N3OS/c1-4-12-10-7-11(14-9(3)13-10)16-8(2)5-6-15/h7-8,15H,4-6H2,1-3H3,(H,12,13,14). The molecule has 1 aromatic rings. The summed E-state index contributed by atoms with van der Waals surface area (Å²) in [7, 11) is 0. The largest absolute Gasteiger partial charge is 0.396 e. The predicted octanol–water partition coefficient (Wildman–Crippen LogP) is 2.08. The number of rotatable bonds is 6. The third kappa shape index (κ3) is 4.37. The van der Waals surface area contributed by atoms with Crippen molar-refractivity contribution in [1.82, 2.24) is 9.97 Å². The molecule has 1 heterocycles. The molecule has 0 saturated heterocycles. The Morgan fingerprint density at radius 1 is 1.50 bits per heavy atom. The summed E-state index contributed by atoms with van der Waals surface area (Å²) in [6.07, 6.45) is 0.782. The van der Waals surface area contributed by atoms with Crippen molar-refractivity contribution in [2.75, 3.05) is 18.5 Å². The monoisotopic (exact) mass is 241 g/mol. The minimum Gasteiger partial charge on any atom is -0.396 e. The van der Waals surface area contributed by atoms with E-state index in [2.05, 4.69) is 22.2 Å². The van der Waals surface area contributed by atoms with Crippen LogP contribution in [0.15, 0.2) is 11.1 Å². The molecule has 5 heteroatoms. The summed E-state index contributed by atoms with van der Waals surface area (Å²) in [4.78, 5) is 8.66. The molecule has 0 bridgehead atoms. The van der Waals surface area contributed by atoms with Gasteiger partial charge in [-0.05, 0) is 20.3 Å². The highest BCUT2D eigenvalue weighted by molar-refractivity contribution is 7.99. The van der Waals surface area contributed by atoms with Crippen molar-refractivity contribution in [3.05, 3.63) is 11.9 Å². The van der Waals surface area contributed by atoms with Gasteiger partial charge in [0.1, 0.15) is 16.7 Å². The van der Waals surface area contributed by atoms with Gasteiger partial charge in [-0.1, -0.05) is 6.92 Å². The molecule has 4 nitrogen and oxygen atoms in total. The van der Waals surface area contributed by atoms with E-state index in [1.807, 2.05) is 19.9 Å². The van der Waals surface area contributed by atoms with Crippen molar-refractivity contribution in [3.8, 4) is 0 Å². The third-order valence-electron chi connectivity index (χ3n) is 2.03. The van der Waals surface area contributed by atoms with Crippen LogP contribution < -0.4 is 5.32 Å². The molecule has 16 heavy (non-hydrogen) atoms. The summed E-state index contributed by atoms with van der Waals surface area (Å²) in [5.74, 6) is 1.64. The molecule has 0 aliphatic heterocycles. The van der Waals surface area contributed by atoms with Gasteiger partial charge >= 0.3 is 0 Å². The average Bonchev–Trinajstić information content (AvgIpc) is 2.17. The van der Waals surface area contributed by atoms with Gasteiger partial charge in [-0.3, -0.25) is 0 Å². The first-order valence-corrected chi connectivity index (χ1v) is 6.40. The maximum absolute atomic E-state index is 8.85. The van der Waals surface area contributed by atoms with E-state index < -0.39 is 0 Å². The summed E-state index contributed by atoms with van der Waals surface area (Å²) in [5.41, 5.74) is 0. The molecular formula is C11H19N3OS. The molecule has 0 spiro atoms. The highest BCUT2D eigenvalue weighted by atomic mass is 32.2. The van der Waals surface area contributed by atoms with E-state index in [0.29, 0.717) is 5.25 Å². The van der Waals surface area contributed by atoms with E-state index in [4.69, 9.17) is 5.11 Å². The Balaban J connectivity index is 2.71. The van der Waals surface area contributed by atoms with Crippen molar-refractivity contribution in [2.45, 2.75) is 37.5 Å². The molecule has 0 fully saturated rings. The Morgan fingerprint density at radius 2 is 2.25 bits per heavy atom. The number of aliphatic hydroxyl groups excluding tert-OH is 1. The van der Waals surface area contributed by atoms with Crippen molar-refractivity contribution in [1.29, 1.82) is 0 Å². The van der Waals surface area contributed by atoms with E-state index in [9.17, 15) is 0 Å². The van der Waals surface area contributed by atoms with Crippen LogP contribution in [0.5, 0.6) is 0 Å². The smallest absolute Gasteiger partial charge is 0.130 e. The number of nitrogens with one attached hydrogen (secondary N) is 1. The first-order chi connectivity index (χ1) is 7.65. The summed E-state index contributed by atoms with van der Waals surface area (Å²) >= 11 is 1.67. The minimum atomic E-state index is 0.221. The van der Waals surface area contributed by atoms with E-state index >= 15 is 0 Å². The molecule has 0 aliphatic carbocycles. The molecule has 0 radical (unpaired) electrons. The number of aliphatic hydroxyl groups is 1. The minimum absolute atomic E-state index is 0.221. The van der Waals surface area contributed by atoms with Crippen LogP contribution in [0.2, 0.25) is 0 Å². The Morgan fingerprint density at radius 3 is 2.88 bits per heavy atom. The fourth-order valence-electron chi connectivity index (χ4n) is 1.32. The summed E-state index contributed by atoms with van der Waals surface area (Å²) in [6.45, 7) is 7.09. The van der Waals surface area contributed by atoms with Crippen molar-refractivity contribution >= 4 is 17.6 Å². The van der Waals surface area contributed by atoms with Gasteiger partial charge in [0.05, 0.1) is 0 Å². The van der Waals surface area contributed by atoms with Crippen LogP contribution in [0.25, 0.3) is 0 Å². The topological polar surface area (TPSA) is 58.0 Å². The van der Waals surface area contributed by atoms with Gasteiger partial charge in [-0.15, -0.1) is 11.8 Å². The number of aromatic nitrogens is 2. The van der Waals surface area contributed by atoms with Crippen LogP contribution in [0.4, 0.5) is 5.82 Å². The van der Waals surface area contributed by atoms with Crippen LogP contribution in [0.1, 0.15) is 26.1 Å². The van der Waals surface area contributed by atoms with Crippen LogP contribution >= 0.6 is 11.8 Å². The Hall–Kier alpha value is -0.810. The average molecular weight is 241 g/mol. The highest BCUT2D eigenvalue weighted by Gasteiger charge is 2.07. The fourth-order valence-corrected chi connectivity index (χ4v) is 2.32. The molecule has 0 amide bonds. The van der Waals surface area contributed by atoms with E-state index in [1.165, 1.54) is 0 Å². The zero-order valence-electron chi connectivity index (χ0n) is 10.0. The molecular weight excluding hydrogens is 222 g/mol. The quantitative estimate of drug-likeness (QED) is 0.590. The fraction of sp³-hybridized carbons (Fsp3) is 0.636. The molecule has 90 valence electrons. The zero-order chi connectivity index (χ0) is 12.0. The first kappa shape index (κ1) is 13.3. The van der Waals surface area contributed by atoms with Gasteiger partial charge < -0.3 is 10.4 Å². The number of aryl methyl sites for hydroxylation is 1. The zero-order valence-corrected chi connectivity index (χ0v) is 10.8. The highest BCUT2D eigenvalue weighted by Crippen LogP contribution is 2.24.